The third-order valence-corrected chi connectivity index (χ3v) is 14.1. The van der Waals surface area contributed by atoms with Gasteiger partial charge in [-0.05, 0) is 121 Å². The molecular formula is C35H54ClNO3. The molecule has 2 N–H and O–H groups in total. The number of ketones is 1. The smallest absolute Gasteiger partial charge is 0.243 e. The van der Waals surface area contributed by atoms with Crippen molar-refractivity contribution < 1.29 is 14.7 Å². The standard InChI is InChI=1S/C35H54ClNO3/c1-30(2)26-9-14-35(7)29(33(26,5)13-10-27(30)39)25(38)21-23-24-22-31(3,12-11-28(40)37-20-8-19-36)15-16-32(24,4)17-18-34(23,35)6/h11-12,21,24,26-27,29,39H,8-10,13-20,22H2,1-7H3,(H,37,40)/b12-11+/t24-,26-,27-,29+,31-,32+,33-,34+,35+/m0/s1. The van der Waals surface area contributed by atoms with E-state index in [1.807, 2.05) is 0 Å². The summed E-state index contributed by atoms with van der Waals surface area (Å²) >= 11 is 5.76. The third-order valence-electron chi connectivity index (χ3n) is 13.8. The first-order chi connectivity index (χ1) is 18.6. The number of rotatable bonds is 5. The summed E-state index contributed by atoms with van der Waals surface area (Å²) in [5.41, 5.74) is 1.20. The van der Waals surface area contributed by atoms with Crippen molar-refractivity contribution >= 4 is 23.3 Å². The number of amides is 1. The summed E-state index contributed by atoms with van der Waals surface area (Å²) in [7, 11) is 0. The monoisotopic (exact) mass is 571 g/mol. The summed E-state index contributed by atoms with van der Waals surface area (Å²) in [6, 6.07) is 0. The van der Waals surface area contributed by atoms with E-state index >= 15 is 0 Å². The summed E-state index contributed by atoms with van der Waals surface area (Å²) in [5.74, 6) is 1.58. The van der Waals surface area contributed by atoms with Gasteiger partial charge in [-0.3, -0.25) is 9.59 Å². The lowest BCUT2D eigenvalue weighted by atomic mass is 9.33. The summed E-state index contributed by atoms with van der Waals surface area (Å²) in [6.07, 6.45) is 15.9. The highest BCUT2D eigenvalue weighted by atomic mass is 35.5. The number of fused-ring (bicyclic) bond motifs is 7. The van der Waals surface area contributed by atoms with Gasteiger partial charge in [0.1, 0.15) is 0 Å². The fourth-order valence-electron chi connectivity index (χ4n) is 11.0. The molecule has 4 saturated carbocycles. The van der Waals surface area contributed by atoms with Crippen LogP contribution >= 0.6 is 11.6 Å². The van der Waals surface area contributed by atoms with Gasteiger partial charge in [0.25, 0.3) is 0 Å². The Bertz CT molecular complexity index is 1110. The van der Waals surface area contributed by atoms with Gasteiger partial charge in [-0.15, -0.1) is 11.6 Å². The van der Waals surface area contributed by atoms with Gasteiger partial charge in [-0.1, -0.05) is 60.1 Å². The normalized spacial score (nSPS) is 47.9. The van der Waals surface area contributed by atoms with E-state index < -0.39 is 0 Å². The maximum Gasteiger partial charge on any atom is 0.243 e. The highest BCUT2D eigenvalue weighted by Crippen LogP contribution is 2.75. The molecule has 0 saturated heterocycles. The zero-order valence-corrected chi connectivity index (χ0v) is 26.9. The number of aliphatic hydroxyl groups is 1. The topological polar surface area (TPSA) is 66.4 Å². The maximum absolute atomic E-state index is 14.4. The fourth-order valence-corrected chi connectivity index (χ4v) is 11.1. The Labute approximate surface area is 248 Å². The molecule has 0 unspecified atom stereocenters. The van der Waals surface area contributed by atoms with E-state index in [1.165, 1.54) is 12.0 Å². The van der Waals surface area contributed by atoms with Gasteiger partial charge in [-0.25, -0.2) is 0 Å². The van der Waals surface area contributed by atoms with Crippen LogP contribution in [0.3, 0.4) is 0 Å². The number of hydrogen-bond donors (Lipinski definition) is 2. The van der Waals surface area contributed by atoms with E-state index in [9.17, 15) is 14.7 Å². The van der Waals surface area contributed by atoms with E-state index in [0.717, 1.165) is 57.8 Å². The van der Waals surface area contributed by atoms with Crippen LogP contribution in [0.15, 0.2) is 23.8 Å². The highest BCUT2D eigenvalue weighted by Gasteiger charge is 2.70. The Balaban J connectivity index is 1.48. The van der Waals surface area contributed by atoms with Gasteiger partial charge in [0.15, 0.2) is 5.78 Å². The molecule has 5 rings (SSSR count). The van der Waals surface area contributed by atoms with E-state index in [-0.39, 0.29) is 50.4 Å². The molecule has 0 bridgehead atoms. The van der Waals surface area contributed by atoms with Crippen LogP contribution < -0.4 is 5.32 Å². The first-order valence-electron chi connectivity index (χ1n) is 16.0. The van der Waals surface area contributed by atoms with Crippen molar-refractivity contribution in [1.82, 2.24) is 5.32 Å². The van der Waals surface area contributed by atoms with E-state index in [2.05, 4.69) is 65.9 Å². The van der Waals surface area contributed by atoms with Crippen LogP contribution in [-0.2, 0) is 9.59 Å². The van der Waals surface area contributed by atoms with Crippen LogP contribution in [0.4, 0.5) is 0 Å². The van der Waals surface area contributed by atoms with Crippen LogP contribution in [0.2, 0.25) is 0 Å². The number of halogens is 1. The Hall–Kier alpha value is -1.13. The Morgan fingerprint density at radius 2 is 1.73 bits per heavy atom. The minimum atomic E-state index is -0.291. The molecule has 0 aromatic carbocycles. The number of carbonyl (C=O) groups excluding carboxylic acids is 2. The molecule has 40 heavy (non-hydrogen) atoms. The zero-order valence-electron chi connectivity index (χ0n) is 26.2. The molecule has 0 aromatic rings. The predicted octanol–water partition coefficient (Wildman–Crippen LogP) is 7.63. The molecule has 0 radical (unpaired) electrons. The van der Waals surface area contributed by atoms with Crippen LogP contribution in [0, 0.1) is 50.2 Å². The number of nitrogens with one attached hydrogen (secondary N) is 1. The average molecular weight is 572 g/mol. The highest BCUT2D eigenvalue weighted by molar-refractivity contribution is 6.17. The van der Waals surface area contributed by atoms with Crippen molar-refractivity contribution in [1.29, 1.82) is 0 Å². The van der Waals surface area contributed by atoms with E-state index in [1.54, 1.807) is 6.08 Å². The van der Waals surface area contributed by atoms with Crippen LogP contribution in [0.1, 0.15) is 113 Å². The first-order valence-corrected chi connectivity index (χ1v) is 16.6. The lowest BCUT2D eigenvalue weighted by Gasteiger charge is -2.70. The van der Waals surface area contributed by atoms with Crippen molar-refractivity contribution in [3.63, 3.8) is 0 Å². The van der Waals surface area contributed by atoms with Gasteiger partial charge >= 0.3 is 0 Å². The number of aliphatic hydroxyl groups excluding tert-OH is 1. The molecule has 0 heterocycles. The second-order valence-electron chi connectivity index (χ2n) is 16.4. The second-order valence-corrected chi connectivity index (χ2v) is 16.8. The van der Waals surface area contributed by atoms with Gasteiger partial charge in [0, 0.05) is 18.3 Å². The number of hydrogen-bond acceptors (Lipinski definition) is 3. The van der Waals surface area contributed by atoms with E-state index in [4.69, 9.17) is 11.6 Å². The summed E-state index contributed by atoms with van der Waals surface area (Å²) < 4.78 is 0. The van der Waals surface area contributed by atoms with Gasteiger partial charge in [-0.2, -0.15) is 0 Å². The summed E-state index contributed by atoms with van der Waals surface area (Å²) in [4.78, 5) is 26.9. The molecule has 5 heteroatoms. The molecule has 1 amide bonds. The Morgan fingerprint density at radius 1 is 1.02 bits per heavy atom. The molecule has 5 aliphatic carbocycles. The predicted molar refractivity (Wildman–Crippen MR) is 163 cm³/mol. The van der Waals surface area contributed by atoms with Crippen molar-refractivity contribution in [2.45, 2.75) is 119 Å². The number of carbonyl (C=O) groups is 2. The average Bonchev–Trinajstić information content (AvgIpc) is 2.88. The third kappa shape index (κ3) is 4.40. The minimum absolute atomic E-state index is 0.00909. The Kier molecular flexibility index (Phi) is 7.56. The molecule has 9 atom stereocenters. The molecule has 5 aliphatic rings. The van der Waals surface area contributed by atoms with Crippen LogP contribution in [0.5, 0.6) is 0 Å². The van der Waals surface area contributed by atoms with Crippen molar-refractivity contribution in [3.05, 3.63) is 23.8 Å². The van der Waals surface area contributed by atoms with Crippen molar-refractivity contribution in [3.8, 4) is 0 Å². The lowest BCUT2D eigenvalue weighted by molar-refractivity contribution is -0.202. The molecular weight excluding hydrogens is 518 g/mol. The first kappa shape index (κ1) is 30.3. The molecule has 224 valence electrons. The van der Waals surface area contributed by atoms with Gasteiger partial charge < -0.3 is 10.4 Å². The molecule has 0 spiro atoms. The Morgan fingerprint density at radius 3 is 2.42 bits per heavy atom. The number of allylic oxidation sites excluding steroid dienone is 3. The molecule has 4 nitrogen and oxygen atoms in total. The fraction of sp³-hybridized carbons (Fsp3) is 0.829. The van der Waals surface area contributed by atoms with Gasteiger partial charge in [0.05, 0.1) is 6.10 Å². The molecule has 0 aromatic heterocycles. The zero-order chi connectivity index (χ0) is 29.4. The van der Waals surface area contributed by atoms with E-state index in [0.29, 0.717) is 30.0 Å². The maximum atomic E-state index is 14.4. The lowest BCUT2D eigenvalue weighted by Crippen LogP contribution is -2.66. The minimum Gasteiger partial charge on any atom is -0.393 e. The SMILES string of the molecule is CC1(C)[C@@H](O)CC[C@]2(C)[C@H]3C(=O)C=C4[C@@H]5C[C@@](C)(/C=C/C(=O)NCCCCl)CC[C@]5(C)CC[C@@]4(C)[C@]3(C)CC[C@@H]12. The van der Waals surface area contributed by atoms with Crippen molar-refractivity contribution in [2.24, 2.45) is 50.2 Å². The quantitative estimate of drug-likeness (QED) is 0.202. The van der Waals surface area contributed by atoms with Crippen LogP contribution in [0.25, 0.3) is 0 Å². The summed E-state index contributed by atoms with van der Waals surface area (Å²) in [5, 5.41) is 13.9. The summed E-state index contributed by atoms with van der Waals surface area (Å²) in [6.45, 7) is 17.2. The molecule has 0 aliphatic heterocycles. The van der Waals surface area contributed by atoms with Crippen molar-refractivity contribution in [2.75, 3.05) is 12.4 Å². The largest absolute Gasteiger partial charge is 0.393 e. The molecule has 4 fully saturated rings. The number of alkyl halides is 1. The second kappa shape index (κ2) is 9.97. The van der Waals surface area contributed by atoms with Gasteiger partial charge in [0.2, 0.25) is 5.91 Å². The van der Waals surface area contributed by atoms with Crippen LogP contribution in [-0.4, -0.2) is 35.3 Å².